The van der Waals surface area contributed by atoms with Crippen LogP contribution in [-0.4, -0.2) is 20.1 Å². The molecule has 0 heterocycles. The van der Waals surface area contributed by atoms with Crippen molar-refractivity contribution in [3.8, 4) is 23.3 Å². The molecule has 6 heteroatoms. The van der Waals surface area contributed by atoms with Crippen molar-refractivity contribution >= 4 is 92.8 Å². The van der Waals surface area contributed by atoms with Crippen LogP contribution in [-0.2, 0) is 11.8 Å². The number of hydrogen-bond donors (Lipinski definition) is 0. The average Bonchev–Trinajstić information content (AvgIpc) is 3.62. The lowest BCUT2D eigenvalue weighted by molar-refractivity contribution is 0.672. The number of thioether (sulfide) groups is 1. The summed E-state index contributed by atoms with van der Waals surface area (Å²) in [5.41, 5.74) is 16.3. The van der Waals surface area contributed by atoms with Crippen LogP contribution in [0.2, 0.25) is 19.6 Å². The quantitative estimate of drug-likeness (QED) is 0.0902. The van der Waals surface area contributed by atoms with Crippen molar-refractivity contribution in [3.63, 3.8) is 0 Å². The third-order valence-corrected chi connectivity index (χ3v) is 16.4. The highest BCUT2D eigenvalue weighted by Crippen LogP contribution is 2.54. The minimum absolute atomic E-state index is 0.230. The smallest absolute Gasteiger partial charge is 0.0991 e. The molecule has 1 aliphatic carbocycles. The summed E-state index contributed by atoms with van der Waals surface area (Å²) in [6.07, 6.45) is 7.59. The molecule has 0 unspecified atom stereocenters. The Morgan fingerprint density at radius 3 is 1.42 bits per heavy atom. The number of nitrogens with zero attached hydrogens (tertiary/aromatic N) is 4. The molecule has 0 bridgehead atoms. The highest BCUT2D eigenvalue weighted by Gasteiger charge is 2.38. The lowest BCUT2D eigenvalue weighted by atomic mass is 9.78. The molecule has 10 rings (SSSR count). The summed E-state index contributed by atoms with van der Waals surface area (Å²) >= 11 is 1.86. The summed E-state index contributed by atoms with van der Waals surface area (Å²) in [5.74, 6) is 1.10. The average molecular weight is 927 g/mol. The SMILES string of the molecule is CSCCc1ccc(N(c2ccc(C#N)cc2)c2ccc(/C=C/c3ccc4c5c(ccc4c3)-c3ccc4cc(N(c6ccc(C#N)cc6)c6ccc([Si](C)(C)C)cc6)ccc4c3C5(C)C)cc2)cc1. The van der Waals surface area contributed by atoms with Crippen molar-refractivity contribution in [2.45, 2.75) is 45.3 Å². The van der Waals surface area contributed by atoms with Gasteiger partial charge in [0.05, 0.1) is 31.3 Å². The zero-order chi connectivity index (χ0) is 47.9. The number of benzene rings is 9. The summed E-state index contributed by atoms with van der Waals surface area (Å²) in [4.78, 5) is 4.55. The van der Waals surface area contributed by atoms with E-state index in [0.717, 1.165) is 57.4 Å². The van der Waals surface area contributed by atoms with Crippen LogP contribution in [0, 0.1) is 22.7 Å². The van der Waals surface area contributed by atoms with Gasteiger partial charge in [-0.3, -0.25) is 0 Å². The summed E-state index contributed by atoms with van der Waals surface area (Å²) in [6.45, 7) is 11.9. The maximum Gasteiger partial charge on any atom is 0.0991 e. The molecule has 0 N–H and O–H groups in total. The van der Waals surface area contributed by atoms with Crippen LogP contribution in [0.4, 0.5) is 34.1 Å². The second kappa shape index (κ2) is 18.5. The molecule has 1 aliphatic rings. The Hall–Kier alpha value is -7.61. The van der Waals surface area contributed by atoms with Crippen LogP contribution in [0.25, 0.3) is 44.8 Å². The van der Waals surface area contributed by atoms with E-state index < -0.39 is 8.07 Å². The minimum Gasteiger partial charge on any atom is -0.311 e. The van der Waals surface area contributed by atoms with E-state index in [1.54, 1.807) is 0 Å². The maximum absolute atomic E-state index is 9.57. The zero-order valence-corrected chi connectivity index (χ0v) is 41.9. The molecule has 0 radical (unpaired) electrons. The largest absolute Gasteiger partial charge is 0.311 e. The summed E-state index contributed by atoms with van der Waals surface area (Å²) in [7, 11) is -1.48. The molecular weight excluding hydrogens is 873 g/mol. The number of rotatable bonds is 12. The van der Waals surface area contributed by atoms with Crippen LogP contribution < -0.4 is 15.0 Å². The van der Waals surface area contributed by atoms with Gasteiger partial charge in [0.1, 0.15) is 0 Å². The van der Waals surface area contributed by atoms with Gasteiger partial charge in [-0.2, -0.15) is 22.3 Å². The fourth-order valence-corrected chi connectivity index (χ4v) is 11.8. The predicted octanol–water partition coefficient (Wildman–Crippen LogP) is 16.6. The van der Waals surface area contributed by atoms with Crippen LogP contribution in [0.1, 0.15) is 52.8 Å². The van der Waals surface area contributed by atoms with Crippen LogP contribution in [0.5, 0.6) is 0 Å². The van der Waals surface area contributed by atoms with Crippen molar-refractivity contribution in [1.82, 2.24) is 0 Å². The van der Waals surface area contributed by atoms with E-state index in [2.05, 4.69) is 207 Å². The van der Waals surface area contributed by atoms with Crippen molar-refractivity contribution < 1.29 is 0 Å². The fraction of sp³-hybridized carbons (Fsp3) is 0.143. The summed E-state index contributed by atoms with van der Waals surface area (Å²) < 4.78 is 0. The van der Waals surface area contributed by atoms with E-state index in [1.165, 1.54) is 54.5 Å². The molecule has 0 atom stereocenters. The van der Waals surface area contributed by atoms with E-state index in [0.29, 0.717) is 11.1 Å². The van der Waals surface area contributed by atoms with Crippen molar-refractivity contribution in [3.05, 3.63) is 221 Å². The predicted molar refractivity (Wildman–Crippen MR) is 298 cm³/mol. The summed E-state index contributed by atoms with van der Waals surface area (Å²) in [6, 6.07) is 69.8. The Labute approximate surface area is 412 Å². The standard InChI is InChI=1S/C63H54N4SSi/c1-63(2)61-57-33-17-45(8-7-43-9-20-50(21-10-43)66(52-24-13-46(41-64)14-25-52)51-22-11-44(12-23-51)37-38-68-3)39-48(57)18-34-59(61)60-35-19-49-40-55(30-36-58(49)62(60)63)67(53-26-15-47(42-65)16-27-53)54-28-31-56(32-29-54)69(4,5)6/h7-36,39-40H,37-38H2,1-6H3/b8-7+. The molecule has 0 fully saturated rings. The Bertz CT molecular complexity index is 3480. The Kier molecular flexibility index (Phi) is 12.1. The number of aryl methyl sites for hydroxylation is 1. The van der Waals surface area contributed by atoms with E-state index in [4.69, 9.17) is 0 Å². The second-order valence-electron chi connectivity index (χ2n) is 19.6. The van der Waals surface area contributed by atoms with E-state index in [1.807, 2.05) is 60.3 Å². The van der Waals surface area contributed by atoms with Gasteiger partial charge in [-0.15, -0.1) is 0 Å². The lowest BCUT2D eigenvalue weighted by Crippen LogP contribution is -2.37. The molecule has 336 valence electrons. The van der Waals surface area contributed by atoms with Gasteiger partial charge in [-0.1, -0.05) is 130 Å². The Balaban J connectivity index is 0.933. The Morgan fingerprint density at radius 2 is 0.913 bits per heavy atom. The highest BCUT2D eigenvalue weighted by molar-refractivity contribution is 7.98. The van der Waals surface area contributed by atoms with E-state index in [-0.39, 0.29) is 5.41 Å². The molecular formula is C63H54N4SSi. The highest BCUT2D eigenvalue weighted by atomic mass is 32.2. The monoisotopic (exact) mass is 926 g/mol. The molecule has 0 amide bonds. The molecule has 4 nitrogen and oxygen atoms in total. The van der Waals surface area contributed by atoms with Crippen molar-refractivity contribution in [2.24, 2.45) is 0 Å². The first-order valence-electron chi connectivity index (χ1n) is 23.7. The molecule has 9 aromatic carbocycles. The fourth-order valence-electron chi connectivity index (χ4n) is 10.2. The van der Waals surface area contributed by atoms with E-state index in [9.17, 15) is 10.5 Å². The van der Waals surface area contributed by atoms with Crippen molar-refractivity contribution in [1.29, 1.82) is 10.5 Å². The topological polar surface area (TPSA) is 54.1 Å². The summed E-state index contributed by atoms with van der Waals surface area (Å²) in [5, 5.41) is 25.4. The van der Waals surface area contributed by atoms with Crippen molar-refractivity contribution in [2.75, 3.05) is 21.8 Å². The number of fused-ring (bicyclic) bond motifs is 7. The van der Waals surface area contributed by atoms with Gasteiger partial charge >= 0.3 is 0 Å². The maximum atomic E-state index is 9.57. The minimum atomic E-state index is -1.48. The Morgan fingerprint density at radius 1 is 0.493 bits per heavy atom. The van der Waals surface area contributed by atoms with Crippen LogP contribution in [0.15, 0.2) is 182 Å². The normalized spacial score (nSPS) is 12.7. The first kappa shape index (κ1) is 45.2. The lowest BCUT2D eigenvalue weighted by Gasteiger charge is -2.28. The molecule has 0 saturated carbocycles. The van der Waals surface area contributed by atoms with Gasteiger partial charge in [0.2, 0.25) is 0 Å². The molecule has 0 saturated heterocycles. The van der Waals surface area contributed by atoms with Gasteiger partial charge in [-0.25, -0.2) is 0 Å². The number of nitriles is 2. The number of anilines is 6. The zero-order valence-electron chi connectivity index (χ0n) is 40.1. The first-order chi connectivity index (χ1) is 33.4. The third-order valence-electron chi connectivity index (χ3n) is 13.8. The van der Waals surface area contributed by atoms with Gasteiger partial charge in [0, 0.05) is 39.5 Å². The second-order valence-corrected chi connectivity index (χ2v) is 25.7. The van der Waals surface area contributed by atoms with E-state index >= 15 is 0 Å². The van der Waals surface area contributed by atoms with Gasteiger partial charge in [0.15, 0.2) is 0 Å². The van der Waals surface area contributed by atoms with Crippen LogP contribution >= 0.6 is 11.8 Å². The molecule has 0 aliphatic heterocycles. The molecule has 0 aromatic heterocycles. The van der Waals surface area contributed by atoms with Crippen LogP contribution in [0.3, 0.4) is 0 Å². The van der Waals surface area contributed by atoms with Gasteiger partial charge < -0.3 is 9.80 Å². The number of hydrogen-bond acceptors (Lipinski definition) is 5. The molecule has 0 spiro atoms. The van der Waals surface area contributed by atoms with Gasteiger partial charge in [0.25, 0.3) is 0 Å². The van der Waals surface area contributed by atoms with Gasteiger partial charge in [-0.05, 0) is 182 Å². The third kappa shape index (κ3) is 8.75. The molecule has 69 heavy (non-hydrogen) atoms. The first-order valence-corrected chi connectivity index (χ1v) is 28.5. The molecule has 9 aromatic rings.